The third-order valence-electron chi connectivity index (χ3n) is 3.48. The molecule has 3 rings (SSSR count). The quantitative estimate of drug-likeness (QED) is 0.753. The van der Waals surface area contributed by atoms with Crippen molar-refractivity contribution < 1.29 is 13.6 Å². The Morgan fingerprint density at radius 2 is 2.24 bits per heavy atom. The maximum atomic E-state index is 13.4. The molecule has 1 aliphatic carbocycles. The molecular weight excluding hydrogens is 219 g/mol. The molecule has 2 nitrogen and oxygen atoms in total. The van der Waals surface area contributed by atoms with Crippen molar-refractivity contribution >= 4 is 16.8 Å². The standard InChI is InChI=1S/C14H13FO2/c1-8(9-5-6-9)13(16)12-7-10-3-2-4-11(15)14(10)17-12/h2-4,7-9H,5-6H2,1H3. The van der Waals surface area contributed by atoms with Crippen LogP contribution in [0.5, 0.6) is 0 Å². The first-order valence-electron chi connectivity index (χ1n) is 5.89. The van der Waals surface area contributed by atoms with Crippen molar-refractivity contribution in [2.75, 3.05) is 0 Å². The number of rotatable bonds is 3. The van der Waals surface area contributed by atoms with Crippen LogP contribution in [0.3, 0.4) is 0 Å². The molecule has 0 saturated heterocycles. The fourth-order valence-electron chi connectivity index (χ4n) is 2.18. The normalized spacial score (nSPS) is 17.3. The summed E-state index contributed by atoms with van der Waals surface area (Å²) in [6.07, 6.45) is 2.23. The number of carbonyl (C=O) groups excluding carboxylic acids is 1. The van der Waals surface area contributed by atoms with Crippen LogP contribution < -0.4 is 0 Å². The van der Waals surface area contributed by atoms with Crippen molar-refractivity contribution in [2.45, 2.75) is 19.8 Å². The molecule has 1 unspecified atom stereocenters. The Morgan fingerprint density at radius 1 is 1.47 bits per heavy atom. The van der Waals surface area contributed by atoms with Crippen LogP contribution in [-0.2, 0) is 0 Å². The second-order valence-corrected chi connectivity index (χ2v) is 4.76. The Hall–Kier alpha value is -1.64. The predicted octanol–water partition coefficient (Wildman–Crippen LogP) is 3.80. The van der Waals surface area contributed by atoms with Gasteiger partial charge in [-0.15, -0.1) is 0 Å². The molecule has 0 amide bonds. The van der Waals surface area contributed by atoms with E-state index >= 15 is 0 Å². The number of benzene rings is 1. The number of para-hydroxylation sites is 1. The summed E-state index contributed by atoms with van der Waals surface area (Å²) in [5.41, 5.74) is 0.179. The highest BCUT2D eigenvalue weighted by Crippen LogP contribution is 2.38. The number of hydrogen-bond donors (Lipinski definition) is 0. The molecule has 1 aliphatic rings. The Labute approximate surface area is 98.4 Å². The van der Waals surface area contributed by atoms with Gasteiger partial charge >= 0.3 is 0 Å². The number of ketones is 1. The summed E-state index contributed by atoms with van der Waals surface area (Å²) in [5, 5.41) is 0.649. The SMILES string of the molecule is CC(C(=O)c1cc2cccc(F)c2o1)C1CC1. The molecule has 1 atom stereocenters. The zero-order chi connectivity index (χ0) is 12.0. The molecule has 3 heteroatoms. The van der Waals surface area contributed by atoms with Crippen LogP contribution in [0.1, 0.15) is 30.3 Å². The third kappa shape index (κ3) is 1.75. The number of carbonyl (C=O) groups is 1. The second-order valence-electron chi connectivity index (χ2n) is 4.76. The van der Waals surface area contributed by atoms with E-state index in [4.69, 9.17) is 4.42 Å². The van der Waals surface area contributed by atoms with Gasteiger partial charge in [0.15, 0.2) is 17.2 Å². The summed E-state index contributed by atoms with van der Waals surface area (Å²) >= 11 is 0. The fourth-order valence-corrected chi connectivity index (χ4v) is 2.18. The minimum absolute atomic E-state index is 0.0110. The van der Waals surface area contributed by atoms with Gasteiger partial charge in [0.05, 0.1) is 0 Å². The summed E-state index contributed by atoms with van der Waals surface area (Å²) < 4.78 is 18.8. The highest BCUT2D eigenvalue weighted by Gasteiger charge is 2.34. The molecule has 1 heterocycles. The van der Waals surface area contributed by atoms with Crippen molar-refractivity contribution in [1.82, 2.24) is 0 Å². The largest absolute Gasteiger partial charge is 0.450 e. The van der Waals surface area contributed by atoms with Crippen LogP contribution in [0.2, 0.25) is 0 Å². The number of furan rings is 1. The average molecular weight is 232 g/mol. The van der Waals surface area contributed by atoms with Crippen molar-refractivity contribution in [3.63, 3.8) is 0 Å². The molecule has 17 heavy (non-hydrogen) atoms. The Kier molecular flexibility index (Phi) is 2.28. The molecule has 1 aromatic heterocycles. The van der Waals surface area contributed by atoms with Gasteiger partial charge in [-0.2, -0.15) is 0 Å². The molecule has 0 aliphatic heterocycles. The van der Waals surface area contributed by atoms with E-state index in [0.29, 0.717) is 11.3 Å². The van der Waals surface area contributed by atoms with Crippen molar-refractivity contribution in [3.05, 3.63) is 35.8 Å². The molecule has 0 spiro atoms. The number of Topliss-reactive ketones (excluding diaryl/α,β-unsaturated/α-hetero) is 1. The lowest BCUT2D eigenvalue weighted by atomic mass is 9.99. The summed E-state index contributed by atoms with van der Waals surface area (Å²) in [6.45, 7) is 1.92. The zero-order valence-corrected chi connectivity index (χ0v) is 9.57. The number of halogens is 1. The maximum Gasteiger partial charge on any atom is 0.201 e. The van der Waals surface area contributed by atoms with Crippen LogP contribution in [0, 0.1) is 17.7 Å². The van der Waals surface area contributed by atoms with Crippen LogP contribution in [-0.4, -0.2) is 5.78 Å². The second kappa shape index (κ2) is 3.69. The number of hydrogen-bond acceptors (Lipinski definition) is 2. The van der Waals surface area contributed by atoms with Gasteiger partial charge < -0.3 is 4.42 Å². The molecule has 1 aromatic carbocycles. The summed E-state index contributed by atoms with van der Waals surface area (Å²) in [5.74, 6) is 0.326. The molecule has 0 N–H and O–H groups in total. The first kappa shape index (κ1) is 10.5. The molecule has 0 radical (unpaired) electrons. The van der Waals surface area contributed by atoms with E-state index in [9.17, 15) is 9.18 Å². The third-order valence-corrected chi connectivity index (χ3v) is 3.48. The van der Waals surface area contributed by atoms with Crippen molar-refractivity contribution in [2.24, 2.45) is 11.8 Å². The van der Waals surface area contributed by atoms with Gasteiger partial charge in [-0.05, 0) is 30.9 Å². The highest BCUT2D eigenvalue weighted by molar-refractivity contribution is 5.99. The van der Waals surface area contributed by atoms with Crippen molar-refractivity contribution in [1.29, 1.82) is 0 Å². The Morgan fingerprint density at radius 3 is 2.88 bits per heavy atom. The lowest BCUT2D eigenvalue weighted by Gasteiger charge is -2.04. The fraction of sp³-hybridized carbons (Fsp3) is 0.357. The molecule has 0 bridgehead atoms. The van der Waals surface area contributed by atoms with E-state index in [1.807, 2.05) is 6.92 Å². The first-order chi connectivity index (χ1) is 8.16. The summed E-state index contributed by atoms with van der Waals surface area (Å²) in [4.78, 5) is 12.1. The van der Waals surface area contributed by atoms with Crippen LogP contribution in [0.15, 0.2) is 28.7 Å². The van der Waals surface area contributed by atoms with Gasteiger partial charge in [0.25, 0.3) is 0 Å². The van der Waals surface area contributed by atoms with Gasteiger partial charge in [0.2, 0.25) is 5.78 Å². The summed E-state index contributed by atoms with van der Waals surface area (Å²) in [7, 11) is 0. The minimum Gasteiger partial charge on any atom is -0.450 e. The maximum absolute atomic E-state index is 13.4. The Bertz CT molecular complexity index is 581. The van der Waals surface area contributed by atoms with Crippen LogP contribution in [0.25, 0.3) is 11.0 Å². The first-order valence-corrected chi connectivity index (χ1v) is 5.89. The van der Waals surface area contributed by atoms with Gasteiger partial charge in [0, 0.05) is 11.3 Å². The lowest BCUT2D eigenvalue weighted by molar-refractivity contribution is 0.0890. The van der Waals surface area contributed by atoms with E-state index in [1.54, 1.807) is 18.2 Å². The van der Waals surface area contributed by atoms with Crippen LogP contribution in [0.4, 0.5) is 4.39 Å². The van der Waals surface area contributed by atoms with E-state index in [-0.39, 0.29) is 23.0 Å². The van der Waals surface area contributed by atoms with Crippen molar-refractivity contribution in [3.8, 4) is 0 Å². The smallest absolute Gasteiger partial charge is 0.201 e. The average Bonchev–Trinajstić information content (AvgIpc) is 3.07. The molecule has 1 fully saturated rings. The van der Waals surface area contributed by atoms with Gasteiger partial charge in [-0.1, -0.05) is 19.1 Å². The monoisotopic (exact) mass is 232 g/mol. The van der Waals surface area contributed by atoms with E-state index in [0.717, 1.165) is 12.8 Å². The number of fused-ring (bicyclic) bond motifs is 1. The molecule has 88 valence electrons. The van der Waals surface area contributed by atoms with E-state index < -0.39 is 5.82 Å². The van der Waals surface area contributed by atoms with Gasteiger partial charge in [-0.3, -0.25) is 4.79 Å². The minimum atomic E-state index is -0.416. The molecular formula is C14H13FO2. The highest BCUT2D eigenvalue weighted by atomic mass is 19.1. The van der Waals surface area contributed by atoms with Gasteiger partial charge in [0.1, 0.15) is 0 Å². The summed E-state index contributed by atoms with van der Waals surface area (Å²) in [6, 6.07) is 6.34. The Balaban J connectivity index is 2.00. The van der Waals surface area contributed by atoms with E-state index in [2.05, 4.69) is 0 Å². The van der Waals surface area contributed by atoms with Crippen LogP contribution >= 0.6 is 0 Å². The lowest BCUT2D eigenvalue weighted by Crippen LogP contribution is -2.12. The van der Waals surface area contributed by atoms with Gasteiger partial charge in [-0.25, -0.2) is 4.39 Å². The molecule has 2 aromatic rings. The molecule has 1 saturated carbocycles. The topological polar surface area (TPSA) is 30.2 Å². The van der Waals surface area contributed by atoms with E-state index in [1.165, 1.54) is 6.07 Å². The predicted molar refractivity (Wildman–Crippen MR) is 62.4 cm³/mol. The zero-order valence-electron chi connectivity index (χ0n) is 9.57.